The molecule has 0 saturated heterocycles. The maximum atomic E-state index is 6.28. The molecular weight excluding hydrogens is 344 g/mol. The van der Waals surface area contributed by atoms with Crippen molar-refractivity contribution in [3.8, 4) is 5.75 Å². The van der Waals surface area contributed by atoms with E-state index >= 15 is 0 Å². The Hall–Kier alpha value is -2.36. The zero-order valence-corrected chi connectivity index (χ0v) is 15.7. The lowest BCUT2D eigenvalue weighted by Gasteiger charge is -2.10. The molecule has 4 heteroatoms. The van der Waals surface area contributed by atoms with E-state index in [9.17, 15) is 0 Å². The van der Waals surface area contributed by atoms with Crippen molar-refractivity contribution >= 4 is 11.6 Å². The van der Waals surface area contributed by atoms with Crippen molar-refractivity contribution in [1.29, 1.82) is 0 Å². The molecule has 134 valence electrons. The molecule has 1 aromatic heterocycles. The van der Waals surface area contributed by atoms with Gasteiger partial charge in [0.05, 0.1) is 7.11 Å². The van der Waals surface area contributed by atoms with Crippen LogP contribution in [-0.2, 0) is 19.4 Å². The van der Waals surface area contributed by atoms with Gasteiger partial charge in [0, 0.05) is 18.3 Å². The molecule has 0 bridgehead atoms. The fourth-order valence-corrected chi connectivity index (χ4v) is 3.14. The van der Waals surface area contributed by atoms with Gasteiger partial charge in [-0.3, -0.25) is 0 Å². The molecule has 1 heterocycles. The van der Waals surface area contributed by atoms with Gasteiger partial charge in [-0.2, -0.15) is 0 Å². The van der Waals surface area contributed by atoms with Gasteiger partial charge in [-0.05, 0) is 42.1 Å². The van der Waals surface area contributed by atoms with E-state index in [4.69, 9.17) is 16.3 Å². The van der Waals surface area contributed by atoms with Gasteiger partial charge >= 0.3 is 0 Å². The first-order valence-electron chi connectivity index (χ1n) is 8.76. The third-order valence-electron chi connectivity index (χ3n) is 4.30. The van der Waals surface area contributed by atoms with Crippen LogP contribution in [0, 0.1) is 0 Å². The van der Waals surface area contributed by atoms with Gasteiger partial charge in [0.2, 0.25) is 0 Å². The first-order chi connectivity index (χ1) is 12.8. The fraction of sp³-hybridized carbons (Fsp3) is 0.227. The van der Waals surface area contributed by atoms with E-state index in [0.29, 0.717) is 5.15 Å². The second-order valence-electron chi connectivity index (χ2n) is 6.19. The number of rotatable bonds is 8. The summed E-state index contributed by atoms with van der Waals surface area (Å²) in [4.78, 5) is 4.36. The lowest BCUT2D eigenvalue weighted by molar-refractivity contribution is 0.408. The van der Waals surface area contributed by atoms with Crippen LogP contribution in [0.25, 0.3) is 0 Å². The van der Waals surface area contributed by atoms with Gasteiger partial charge in [-0.15, -0.1) is 0 Å². The van der Waals surface area contributed by atoms with Crippen LogP contribution in [0.5, 0.6) is 5.75 Å². The Balaban J connectivity index is 1.56. The molecule has 0 aliphatic heterocycles. The third kappa shape index (κ3) is 5.07. The van der Waals surface area contributed by atoms with Crippen LogP contribution < -0.4 is 10.1 Å². The van der Waals surface area contributed by atoms with E-state index in [1.165, 1.54) is 11.1 Å². The Labute approximate surface area is 160 Å². The Morgan fingerprint density at radius 2 is 1.73 bits per heavy atom. The minimum absolute atomic E-state index is 0.584. The number of aromatic nitrogens is 1. The van der Waals surface area contributed by atoms with E-state index in [0.717, 1.165) is 42.8 Å². The number of benzene rings is 2. The van der Waals surface area contributed by atoms with Crippen LogP contribution in [-0.4, -0.2) is 18.6 Å². The summed E-state index contributed by atoms with van der Waals surface area (Å²) in [6, 6.07) is 20.6. The topological polar surface area (TPSA) is 34.1 Å². The van der Waals surface area contributed by atoms with Gasteiger partial charge in [0.1, 0.15) is 10.9 Å². The second-order valence-corrected chi connectivity index (χ2v) is 6.55. The van der Waals surface area contributed by atoms with E-state index in [1.54, 1.807) is 7.11 Å². The molecule has 0 aliphatic rings. The highest BCUT2D eigenvalue weighted by atomic mass is 35.5. The third-order valence-corrected chi connectivity index (χ3v) is 4.64. The Morgan fingerprint density at radius 3 is 2.54 bits per heavy atom. The molecule has 0 amide bonds. The quantitative estimate of drug-likeness (QED) is 0.464. The minimum Gasteiger partial charge on any atom is -0.496 e. The monoisotopic (exact) mass is 366 g/mol. The summed E-state index contributed by atoms with van der Waals surface area (Å²) >= 11 is 6.28. The van der Waals surface area contributed by atoms with Crippen molar-refractivity contribution in [2.45, 2.75) is 19.4 Å². The normalized spacial score (nSPS) is 10.7. The standard InChI is InChI=1S/C22H23ClN2O/c1-26-21-10-6-5-9-20(21)16-24-12-11-19-14-18(15-25-22(19)23)13-17-7-3-2-4-8-17/h2-10,14-15,24H,11-13,16H2,1H3. The summed E-state index contributed by atoms with van der Waals surface area (Å²) in [6.45, 7) is 1.59. The summed E-state index contributed by atoms with van der Waals surface area (Å²) in [5.41, 5.74) is 4.68. The number of hydrogen-bond acceptors (Lipinski definition) is 3. The highest BCUT2D eigenvalue weighted by Crippen LogP contribution is 2.18. The molecule has 1 N–H and O–H groups in total. The predicted octanol–water partition coefficient (Wildman–Crippen LogP) is 4.67. The molecule has 0 atom stereocenters. The smallest absolute Gasteiger partial charge is 0.132 e. The number of nitrogens with one attached hydrogen (secondary N) is 1. The van der Waals surface area contributed by atoms with Crippen molar-refractivity contribution in [3.05, 3.63) is 94.3 Å². The molecule has 0 fully saturated rings. The average molecular weight is 367 g/mol. The first-order valence-corrected chi connectivity index (χ1v) is 9.14. The van der Waals surface area contributed by atoms with Crippen LogP contribution in [0.15, 0.2) is 66.9 Å². The molecule has 3 rings (SSSR count). The number of methoxy groups -OCH3 is 1. The molecule has 3 nitrogen and oxygen atoms in total. The first kappa shape index (κ1) is 18.4. The average Bonchev–Trinajstić information content (AvgIpc) is 2.68. The van der Waals surface area contributed by atoms with Crippen molar-refractivity contribution in [3.63, 3.8) is 0 Å². The number of pyridine rings is 1. The highest BCUT2D eigenvalue weighted by molar-refractivity contribution is 6.30. The van der Waals surface area contributed by atoms with Crippen molar-refractivity contribution in [2.24, 2.45) is 0 Å². The lowest BCUT2D eigenvalue weighted by Crippen LogP contribution is -2.17. The van der Waals surface area contributed by atoms with Crippen LogP contribution >= 0.6 is 11.6 Å². The molecular formula is C22H23ClN2O. The van der Waals surface area contributed by atoms with E-state index in [-0.39, 0.29) is 0 Å². The second kappa shape index (κ2) is 9.37. The SMILES string of the molecule is COc1ccccc1CNCCc1cc(Cc2ccccc2)cnc1Cl. The Morgan fingerprint density at radius 1 is 0.962 bits per heavy atom. The molecule has 2 aromatic carbocycles. The molecule has 0 radical (unpaired) electrons. The van der Waals surface area contributed by atoms with Gasteiger partial charge in [-0.1, -0.05) is 66.2 Å². The zero-order chi connectivity index (χ0) is 18.2. The predicted molar refractivity (Wildman–Crippen MR) is 107 cm³/mol. The summed E-state index contributed by atoms with van der Waals surface area (Å²) in [7, 11) is 1.70. The number of ether oxygens (including phenoxy) is 1. The molecule has 0 saturated carbocycles. The molecule has 26 heavy (non-hydrogen) atoms. The van der Waals surface area contributed by atoms with Gasteiger partial charge in [-0.25, -0.2) is 4.98 Å². The summed E-state index contributed by atoms with van der Waals surface area (Å²) < 4.78 is 5.38. The molecule has 0 aliphatic carbocycles. The van der Waals surface area contributed by atoms with Crippen molar-refractivity contribution in [2.75, 3.05) is 13.7 Å². The summed E-state index contributed by atoms with van der Waals surface area (Å²) in [5.74, 6) is 0.907. The van der Waals surface area contributed by atoms with E-state index < -0.39 is 0 Å². The molecule has 0 unspecified atom stereocenters. The Bertz CT molecular complexity index is 837. The van der Waals surface area contributed by atoms with Crippen LogP contribution in [0.1, 0.15) is 22.3 Å². The minimum atomic E-state index is 0.584. The number of nitrogens with zero attached hydrogens (tertiary/aromatic N) is 1. The fourth-order valence-electron chi connectivity index (χ4n) is 2.94. The van der Waals surface area contributed by atoms with Crippen LogP contribution in [0.2, 0.25) is 5.15 Å². The largest absolute Gasteiger partial charge is 0.496 e. The summed E-state index contributed by atoms with van der Waals surface area (Å²) in [5, 5.41) is 4.04. The summed E-state index contributed by atoms with van der Waals surface area (Å²) in [6.07, 6.45) is 3.57. The van der Waals surface area contributed by atoms with Crippen LogP contribution in [0.3, 0.4) is 0 Å². The van der Waals surface area contributed by atoms with Gasteiger partial charge in [0.15, 0.2) is 0 Å². The van der Waals surface area contributed by atoms with Gasteiger partial charge in [0.25, 0.3) is 0 Å². The lowest BCUT2D eigenvalue weighted by atomic mass is 10.0. The number of hydrogen-bond donors (Lipinski definition) is 1. The number of halogens is 1. The molecule has 3 aromatic rings. The maximum Gasteiger partial charge on any atom is 0.132 e. The van der Waals surface area contributed by atoms with E-state index in [1.807, 2.05) is 30.5 Å². The van der Waals surface area contributed by atoms with E-state index in [2.05, 4.69) is 46.7 Å². The Kier molecular flexibility index (Phi) is 6.64. The maximum absolute atomic E-state index is 6.28. The number of para-hydroxylation sites is 1. The van der Waals surface area contributed by atoms with Gasteiger partial charge < -0.3 is 10.1 Å². The zero-order valence-electron chi connectivity index (χ0n) is 14.9. The van der Waals surface area contributed by atoms with Crippen molar-refractivity contribution < 1.29 is 4.74 Å². The molecule has 0 spiro atoms. The van der Waals surface area contributed by atoms with Crippen molar-refractivity contribution in [1.82, 2.24) is 10.3 Å². The highest BCUT2D eigenvalue weighted by Gasteiger charge is 2.06. The van der Waals surface area contributed by atoms with Crippen LogP contribution in [0.4, 0.5) is 0 Å².